The van der Waals surface area contributed by atoms with Crippen LogP contribution in [0.4, 0.5) is 0 Å². The quantitative estimate of drug-likeness (QED) is 0.502. The van der Waals surface area contributed by atoms with Gasteiger partial charge < -0.3 is 9.59 Å². The van der Waals surface area contributed by atoms with Gasteiger partial charge in [-0.2, -0.15) is 0 Å². The number of rotatable bonds is 5. The van der Waals surface area contributed by atoms with Crippen molar-refractivity contribution in [1.29, 1.82) is 0 Å². The highest BCUT2D eigenvalue weighted by atomic mass is 16.3. The largest absolute Gasteiger partial charge is 0.382 e. The molecule has 3 heteroatoms. The van der Waals surface area contributed by atoms with Crippen molar-refractivity contribution in [2.45, 2.75) is 31.5 Å². The molecular formula is C26H29N2O+. The predicted octanol–water partition coefficient (Wildman–Crippen LogP) is 4.88. The first kappa shape index (κ1) is 18.5. The molecule has 3 aromatic rings. The lowest BCUT2D eigenvalue weighted by Crippen LogP contribution is -2.67. The molecule has 1 aromatic heterocycles. The Morgan fingerprint density at radius 2 is 1.90 bits per heavy atom. The Morgan fingerprint density at radius 1 is 1.10 bits per heavy atom. The fourth-order valence-corrected chi connectivity index (χ4v) is 5.91. The maximum Gasteiger partial charge on any atom is 0.131 e. The van der Waals surface area contributed by atoms with Crippen LogP contribution in [0.25, 0.3) is 10.9 Å². The Bertz CT molecular complexity index is 1010. The second-order valence-electron chi connectivity index (χ2n) is 8.88. The lowest BCUT2D eigenvalue weighted by atomic mass is 9.71. The van der Waals surface area contributed by atoms with Gasteiger partial charge in [-0.15, -0.1) is 6.58 Å². The SMILES string of the molecule is C=C[C@H]1C[N+]2(Cc3ccccc3)CCC1CC2[C@@H](O)c1ccnc2ccccc12. The molecule has 3 nitrogen and oxygen atoms in total. The topological polar surface area (TPSA) is 33.1 Å². The first-order valence-corrected chi connectivity index (χ1v) is 10.7. The number of hydrogen-bond acceptors (Lipinski definition) is 2. The average Bonchev–Trinajstić information content (AvgIpc) is 2.78. The van der Waals surface area contributed by atoms with Gasteiger partial charge in [-0.3, -0.25) is 4.98 Å². The van der Waals surface area contributed by atoms with Gasteiger partial charge in [0, 0.05) is 35.9 Å². The van der Waals surface area contributed by atoms with Gasteiger partial charge in [0.2, 0.25) is 0 Å². The summed E-state index contributed by atoms with van der Waals surface area (Å²) in [6.07, 6.45) is 5.79. The third-order valence-corrected chi connectivity index (χ3v) is 7.38. The standard InChI is InChI=1S/C26H29N2O/c1-2-20-18-28(17-19-8-4-3-5-9-19)15-13-21(20)16-25(28)26(29)23-12-14-27-24-11-7-6-10-22(23)24/h2-12,14,20-21,25-26,29H,1,13,15-18H2/q+1/t20-,21?,25?,26-,28?/m0/s1. The lowest BCUT2D eigenvalue weighted by molar-refractivity contribution is -0.984. The van der Waals surface area contributed by atoms with Gasteiger partial charge in [0.15, 0.2) is 0 Å². The fourth-order valence-electron chi connectivity index (χ4n) is 5.91. The summed E-state index contributed by atoms with van der Waals surface area (Å²) >= 11 is 0. The van der Waals surface area contributed by atoms with Crippen LogP contribution in [0.5, 0.6) is 0 Å². The van der Waals surface area contributed by atoms with Crippen LogP contribution in [0.1, 0.15) is 30.1 Å². The summed E-state index contributed by atoms with van der Waals surface area (Å²) < 4.78 is 0.953. The highest BCUT2D eigenvalue weighted by Gasteiger charge is 2.53. The summed E-state index contributed by atoms with van der Waals surface area (Å²) in [5.74, 6) is 1.18. The molecule has 2 bridgehead atoms. The lowest BCUT2D eigenvalue weighted by Gasteiger charge is -2.58. The Labute approximate surface area is 172 Å². The minimum absolute atomic E-state index is 0.205. The van der Waals surface area contributed by atoms with E-state index in [1.54, 1.807) is 0 Å². The zero-order valence-electron chi connectivity index (χ0n) is 16.8. The molecule has 3 unspecified atom stereocenters. The second kappa shape index (κ2) is 7.40. The van der Waals surface area contributed by atoms with Crippen LogP contribution >= 0.6 is 0 Å². The van der Waals surface area contributed by atoms with Crippen LogP contribution < -0.4 is 0 Å². The third-order valence-electron chi connectivity index (χ3n) is 7.38. The van der Waals surface area contributed by atoms with E-state index in [2.05, 4.69) is 54.0 Å². The summed E-state index contributed by atoms with van der Waals surface area (Å²) in [5.41, 5.74) is 3.33. The van der Waals surface area contributed by atoms with Crippen molar-refractivity contribution < 1.29 is 9.59 Å². The van der Waals surface area contributed by atoms with Crippen LogP contribution in [0.3, 0.4) is 0 Å². The van der Waals surface area contributed by atoms with E-state index >= 15 is 0 Å². The maximum absolute atomic E-state index is 11.7. The van der Waals surface area contributed by atoms with Gasteiger partial charge in [-0.1, -0.05) is 54.6 Å². The Kier molecular flexibility index (Phi) is 4.73. The van der Waals surface area contributed by atoms with E-state index in [4.69, 9.17) is 0 Å². The molecule has 0 amide bonds. The average molecular weight is 386 g/mol. The van der Waals surface area contributed by atoms with Crippen molar-refractivity contribution in [3.05, 3.63) is 90.6 Å². The smallest absolute Gasteiger partial charge is 0.131 e. The van der Waals surface area contributed by atoms with Crippen LogP contribution in [0.15, 0.2) is 79.5 Å². The molecule has 1 N–H and O–H groups in total. The molecule has 2 aromatic carbocycles. The normalized spacial score (nSPS) is 29.6. The molecule has 0 radical (unpaired) electrons. The van der Waals surface area contributed by atoms with Gasteiger partial charge in [0.25, 0.3) is 0 Å². The molecule has 3 aliphatic heterocycles. The van der Waals surface area contributed by atoms with E-state index in [0.717, 1.165) is 47.0 Å². The fraction of sp³-hybridized carbons (Fsp3) is 0.346. The molecule has 0 saturated carbocycles. The molecule has 148 valence electrons. The summed E-state index contributed by atoms with van der Waals surface area (Å²) in [6, 6.07) is 21.2. The van der Waals surface area contributed by atoms with Crippen molar-refractivity contribution in [1.82, 2.24) is 4.98 Å². The van der Waals surface area contributed by atoms with E-state index in [1.165, 1.54) is 12.0 Å². The van der Waals surface area contributed by atoms with E-state index in [0.29, 0.717) is 11.8 Å². The van der Waals surface area contributed by atoms with E-state index in [-0.39, 0.29) is 6.04 Å². The maximum atomic E-state index is 11.7. The zero-order valence-corrected chi connectivity index (χ0v) is 16.8. The number of aromatic nitrogens is 1. The highest BCUT2D eigenvalue weighted by molar-refractivity contribution is 5.82. The Morgan fingerprint density at radius 3 is 2.72 bits per heavy atom. The molecule has 3 aliphatic rings. The summed E-state index contributed by atoms with van der Waals surface area (Å²) in [4.78, 5) is 4.50. The number of nitrogens with zero attached hydrogens (tertiary/aromatic N) is 2. The van der Waals surface area contributed by atoms with Crippen molar-refractivity contribution in [3.63, 3.8) is 0 Å². The number of quaternary nitrogens is 1. The number of benzene rings is 2. The number of pyridine rings is 1. The molecule has 29 heavy (non-hydrogen) atoms. The molecule has 4 heterocycles. The van der Waals surface area contributed by atoms with Gasteiger partial charge >= 0.3 is 0 Å². The Hall–Kier alpha value is -2.49. The zero-order chi connectivity index (χ0) is 19.8. The molecule has 0 spiro atoms. The minimum Gasteiger partial charge on any atom is -0.382 e. The van der Waals surface area contributed by atoms with Crippen LogP contribution in [0, 0.1) is 11.8 Å². The second-order valence-corrected chi connectivity index (χ2v) is 8.88. The number of fused-ring (bicyclic) bond motifs is 4. The highest BCUT2D eigenvalue weighted by Crippen LogP contribution is 2.47. The number of para-hydroxylation sites is 1. The molecule has 0 aliphatic carbocycles. The monoisotopic (exact) mass is 385 g/mol. The van der Waals surface area contributed by atoms with E-state index in [9.17, 15) is 5.11 Å². The van der Waals surface area contributed by atoms with Gasteiger partial charge in [-0.25, -0.2) is 0 Å². The Balaban J connectivity index is 1.56. The molecule has 5 atom stereocenters. The summed E-state index contributed by atoms with van der Waals surface area (Å²) in [5, 5.41) is 12.8. The minimum atomic E-state index is -0.486. The van der Waals surface area contributed by atoms with Crippen molar-refractivity contribution >= 4 is 10.9 Å². The van der Waals surface area contributed by atoms with Crippen molar-refractivity contribution in [2.24, 2.45) is 11.8 Å². The van der Waals surface area contributed by atoms with Crippen molar-refractivity contribution in [3.8, 4) is 0 Å². The number of piperidine rings is 3. The number of aliphatic hydroxyl groups is 1. The van der Waals surface area contributed by atoms with Crippen LogP contribution in [-0.4, -0.2) is 33.7 Å². The van der Waals surface area contributed by atoms with Crippen LogP contribution in [0.2, 0.25) is 0 Å². The molecule has 6 rings (SSSR count). The van der Waals surface area contributed by atoms with Gasteiger partial charge in [0.1, 0.15) is 18.7 Å². The summed E-state index contributed by atoms with van der Waals surface area (Å²) in [6.45, 7) is 7.32. The molecule has 3 fully saturated rings. The molecule has 3 saturated heterocycles. The van der Waals surface area contributed by atoms with E-state index < -0.39 is 6.10 Å². The van der Waals surface area contributed by atoms with Crippen LogP contribution in [-0.2, 0) is 6.54 Å². The summed E-state index contributed by atoms with van der Waals surface area (Å²) in [7, 11) is 0. The first-order chi connectivity index (χ1) is 14.2. The van der Waals surface area contributed by atoms with Crippen molar-refractivity contribution in [2.75, 3.05) is 13.1 Å². The number of aliphatic hydroxyl groups excluding tert-OH is 1. The van der Waals surface area contributed by atoms with Gasteiger partial charge in [-0.05, 0) is 23.6 Å². The van der Waals surface area contributed by atoms with E-state index in [1.807, 2.05) is 30.5 Å². The molecular weight excluding hydrogens is 356 g/mol. The third kappa shape index (κ3) is 3.19. The first-order valence-electron chi connectivity index (χ1n) is 10.7. The predicted molar refractivity (Wildman–Crippen MR) is 117 cm³/mol. The number of hydrogen-bond donors (Lipinski definition) is 1. The van der Waals surface area contributed by atoms with Gasteiger partial charge in [0.05, 0.1) is 18.6 Å².